The van der Waals surface area contributed by atoms with E-state index in [1.54, 1.807) is 11.8 Å². The highest BCUT2D eigenvalue weighted by atomic mass is 32.2. The lowest BCUT2D eigenvalue weighted by atomic mass is 10.1. The first kappa shape index (κ1) is 9.20. The Hall–Kier alpha value is 0.110. The fourth-order valence-electron chi connectivity index (χ4n) is 1.05. The van der Waals surface area contributed by atoms with Crippen molar-refractivity contribution in [3.8, 4) is 0 Å². The van der Waals surface area contributed by atoms with E-state index in [2.05, 4.69) is 11.9 Å². The summed E-state index contributed by atoms with van der Waals surface area (Å²) >= 11 is 6.64. The Labute approximate surface area is 77.7 Å². The van der Waals surface area contributed by atoms with Crippen LogP contribution in [-0.2, 0) is 0 Å². The van der Waals surface area contributed by atoms with Crippen molar-refractivity contribution in [1.82, 2.24) is 0 Å². The minimum Gasteiger partial charge on any atom is -0.238 e. The topological polar surface area (TPSA) is 12.4 Å². The minimum absolute atomic E-state index is 0.830. The van der Waals surface area contributed by atoms with Gasteiger partial charge in [-0.2, -0.15) is 0 Å². The summed E-state index contributed by atoms with van der Waals surface area (Å²) in [7, 11) is 0. The molecule has 0 aromatic heterocycles. The van der Waals surface area contributed by atoms with Crippen LogP contribution in [0.15, 0.2) is 4.99 Å². The van der Waals surface area contributed by atoms with Gasteiger partial charge in [0.2, 0.25) is 0 Å². The average Bonchev–Trinajstić information content (AvgIpc) is 2.37. The smallest absolute Gasteiger partial charge is 0.160 e. The zero-order valence-electron chi connectivity index (χ0n) is 6.80. The van der Waals surface area contributed by atoms with Crippen molar-refractivity contribution in [2.75, 3.05) is 5.75 Å². The normalized spacial score (nSPS) is 17.2. The van der Waals surface area contributed by atoms with E-state index in [9.17, 15) is 0 Å². The van der Waals surface area contributed by atoms with Crippen molar-refractivity contribution in [3.63, 3.8) is 0 Å². The van der Waals surface area contributed by atoms with Gasteiger partial charge in [0.15, 0.2) is 4.32 Å². The Balaban J connectivity index is 2.17. The molecule has 0 saturated carbocycles. The van der Waals surface area contributed by atoms with Crippen LogP contribution in [-0.4, -0.2) is 15.8 Å². The summed E-state index contributed by atoms with van der Waals surface area (Å²) in [6.07, 6.45) is 5.03. The molecule has 0 atom stereocenters. The standard InChI is InChI=1S/C8H13NS2/c1-2-3-4-5-7-6-11-8(10)9-7/h2-6H2,1H3. The van der Waals surface area contributed by atoms with Crippen molar-refractivity contribution < 1.29 is 0 Å². The predicted molar refractivity (Wildman–Crippen MR) is 56.6 cm³/mol. The van der Waals surface area contributed by atoms with E-state index < -0.39 is 0 Å². The van der Waals surface area contributed by atoms with Crippen LogP contribution in [0.2, 0.25) is 0 Å². The molecule has 3 heteroatoms. The number of hydrogen-bond acceptors (Lipinski definition) is 2. The molecule has 0 fully saturated rings. The van der Waals surface area contributed by atoms with Gasteiger partial charge in [-0.3, -0.25) is 0 Å². The highest BCUT2D eigenvalue weighted by Gasteiger charge is 2.10. The first-order valence-electron chi connectivity index (χ1n) is 4.06. The van der Waals surface area contributed by atoms with E-state index in [0.717, 1.165) is 16.5 Å². The maximum atomic E-state index is 4.95. The lowest BCUT2D eigenvalue weighted by molar-refractivity contribution is 0.742. The number of unbranched alkanes of at least 4 members (excludes halogenated alkanes) is 2. The van der Waals surface area contributed by atoms with Crippen LogP contribution in [0.5, 0.6) is 0 Å². The van der Waals surface area contributed by atoms with Gasteiger partial charge in [-0.25, -0.2) is 4.99 Å². The molecule has 0 aliphatic carbocycles. The van der Waals surface area contributed by atoms with Crippen LogP contribution in [0.25, 0.3) is 0 Å². The Morgan fingerprint density at radius 2 is 2.36 bits per heavy atom. The van der Waals surface area contributed by atoms with Crippen molar-refractivity contribution in [2.45, 2.75) is 32.6 Å². The van der Waals surface area contributed by atoms with Crippen molar-refractivity contribution in [3.05, 3.63) is 0 Å². The molecular formula is C8H13NS2. The fraction of sp³-hybridized carbons (Fsp3) is 0.750. The largest absolute Gasteiger partial charge is 0.238 e. The molecule has 0 aromatic rings. The maximum Gasteiger partial charge on any atom is 0.160 e. The summed E-state index contributed by atoms with van der Waals surface area (Å²) < 4.78 is 0.830. The summed E-state index contributed by atoms with van der Waals surface area (Å²) in [5.41, 5.74) is 1.30. The molecule has 1 nitrogen and oxygen atoms in total. The van der Waals surface area contributed by atoms with Crippen molar-refractivity contribution in [1.29, 1.82) is 0 Å². The first-order valence-corrected chi connectivity index (χ1v) is 5.45. The molecule has 0 amide bonds. The lowest BCUT2D eigenvalue weighted by Crippen LogP contribution is -1.96. The van der Waals surface area contributed by atoms with Gasteiger partial charge in [-0.15, -0.1) is 0 Å². The fourth-order valence-corrected chi connectivity index (χ4v) is 2.04. The molecule has 1 rings (SSSR count). The number of rotatable bonds is 4. The van der Waals surface area contributed by atoms with Gasteiger partial charge in [0.25, 0.3) is 0 Å². The SMILES string of the molecule is CCCCCC1=NC(=S)SC1. The zero-order chi connectivity index (χ0) is 8.10. The van der Waals surface area contributed by atoms with Gasteiger partial charge in [0.1, 0.15) is 0 Å². The van der Waals surface area contributed by atoms with E-state index in [0.29, 0.717) is 0 Å². The Kier molecular flexibility index (Phi) is 4.08. The summed E-state index contributed by atoms with van der Waals surface area (Å²) in [6.45, 7) is 2.22. The number of thioether (sulfide) groups is 1. The summed E-state index contributed by atoms with van der Waals surface area (Å²) in [5.74, 6) is 1.04. The maximum absolute atomic E-state index is 4.95. The Morgan fingerprint density at radius 1 is 1.55 bits per heavy atom. The number of aliphatic imine (C=N–C) groups is 1. The van der Waals surface area contributed by atoms with Gasteiger partial charge >= 0.3 is 0 Å². The molecule has 0 radical (unpaired) electrons. The molecule has 0 aromatic carbocycles. The van der Waals surface area contributed by atoms with E-state index in [-0.39, 0.29) is 0 Å². The second kappa shape index (κ2) is 4.88. The second-order valence-corrected chi connectivity index (χ2v) is 4.30. The van der Waals surface area contributed by atoms with Gasteiger partial charge in [-0.1, -0.05) is 43.7 Å². The Bertz CT molecular complexity index is 175. The van der Waals surface area contributed by atoms with E-state index in [1.165, 1.54) is 25.0 Å². The number of hydrogen-bond donors (Lipinski definition) is 0. The van der Waals surface area contributed by atoms with Crippen LogP contribution in [0.4, 0.5) is 0 Å². The highest BCUT2D eigenvalue weighted by molar-refractivity contribution is 8.23. The summed E-state index contributed by atoms with van der Waals surface area (Å²) in [6, 6.07) is 0. The van der Waals surface area contributed by atoms with Crippen molar-refractivity contribution in [2.24, 2.45) is 4.99 Å². The molecular weight excluding hydrogens is 174 g/mol. The molecule has 0 saturated heterocycles. The van der Waals surface area contributed by atoms with E-state index >= 15 is 0 Å². The van der Waals surface area contributed by atoms with Crippen LogP contribution >= 0.6 is 24.0 Å². The minimum atomic E-state index is 0.830. The van der Waals surface area contributed by atoms with Gasteiger partial charge in [0.05, 0.1) is 0 Å². The zero-order valence-corrected chi connectivity index (χ0v) is 8.43. The third kappa shape index (κ3) is 3.34. The molecule has 0 spiro atoms. The van der Waals surface area contributed by atoms with Gasteiger partial charge in [-0.05, 0) is 12.8 Å². The van der Waals surface area contributed by atoms with Crippen molar-refractivity contribution >= 4 is 34.0 Å². The molecule has 0 bridgehead atoms. The quantitative estimate of drug-likeness (QED) is 0.495. The van der Waals surface area contributed by atoms with Crippen LogP contribution in [0.3, 0.4) is 0 Å². The Morgan fingerprint density at radius 3 is 2.91 bits per heavy atom. The molecule has 11 heavy (non-hydrogen) atoms. The third-order valence-corrected chi connectivity index (χ3v) is 2.94. The molecule has 0 N–H and O–H groups in total. The molecule has 1 aliphatic rings. The summed E-state index contributed by atoms with van der Waals surface area (Å²) in [5, 5.41) is 0. The highest BCUT2D eigenvalue weighted by Crippen LogP contribution is 2.17. The molecule has 0 unspecified atom stereocenters. The van der Waals surface area contributed by atoms with E-state index in [4.69, 9.17) is 12.2 Å². The monoisotopic (exact) mass is 187 g/mol. The average molecular weight is 187 g/mol. The van der Waals surface area contributed by atoms with Crippen LogP contribution < -0.4 is 0 Å². The summed E-state index contributed by atoms with van der Waals surface area (Å²) in [4.78, 5) is 4.27. The number of thiocarbonyl (C=S) groups is 1. The number of nitrogens with zero attached hydrogens (tertiary/aromatic N) is 1. The third-order valence-electron chi connectivity index (χ3n) is 1.68. The predicted octanol–water partition coefficient (Wildman–Crippen LogP) is 3.04. The first-order chi connectivity index (χ1) is 5.33. The second-order valence-electron chi connectivity index (χ2n) is 2.69. The lowest BCUT2D eigenvalue weighted by Gasteiger charge is -1.95. The van der Waals surface area contributed by atoms with Gasteiger partial charge in [0, 0.05) is 11.5 Å². The van der Waals surface area contributed by atoms with Crippen LogP contribution in [0.1, 0.15) is 32.6 Å². The molecule has 1 aliphatic heterocycles. The van der Waals surface area contributed by atoms with E-state index in [1.807, 2.05) is 0 Å². The molecule has 1 heterocycles. The molecule has 62 valence electrons. The van der Waals surface area contributed by atoms with Gasteiger partial charge < -0.3 is 0 Å². The van der Waals surface area contributed by atoms with Crippen LogP contribution in [0, 0.1) is 0 Å².